The number of piperidine rings is 1. The molecule has 3 rings (SSSR count). The van der Waals surface area contributed by atoms with Crippen LogP contribution in [0.4, 0.5) is 4.79 Å². The Morgan fingerprint density at radius 1 is 1.20 bits per heavy atom. The second kappa shape index (κ2) is 9.40. The predicted octanol–water partition coefficient (Wildman–Crippen LogP) is 5.08. The van der Waals surface area contributed by atoms with Crippen molar-refractivity contribution in [2.24, 2.45) is 5.92 Å². The average molecular weight is 418 g/mol. The fraction of sp³-hybridized carbons (Fsp3) is 0.625. The minimum atomic E-state index is -1.01. The van der Waals surface area contributed by atoms with Gasteiger partial charge in [0.2, 0.25) is 0 Å². The van der Waals surface area contributed by atoms with Crippen molar-refractivity contribution in [3.63, 3.8) is 0 Å². The number of carbonyl (C=O) groups excluding carboxylic acids is 1. The second-order valence-corrected chi connectivity index (χ2v) is 9.26. The van der Waals surface area contributed by atoms with E-state index in [1.54, 1.807) is 18.3 Å². The molecule has 1 aliphatic heterocycles. The molecule has 2 aromatic rings. The first-order valence-corrected chi connectivity index (χ1v) is 10.9. The molecule has 1 amide bonds. The van der Waals surface area contributed by atoms with Crippen molar-refractivity contribution >= 4 is 17.1 Å². The molecule has 6 heteroatoms. The van der Waals surface area contributed by atoms with E-state index in [9.17, 15) is 9.90 Å². The highest BCUT2D eigenvalue weighted by molar-refractivity contribution is 5.81. The lowest BCUT2D eigenvalue weighted by molar-refractivity contribution is -0.0595. The molecule has 30 heavy (non-hydrogen) atoms. The van der Waals surface area contributed by atoms with E-state index in [2.05, 4.69) is 0 Å². The Balaban J connectivity index is 1.78. The molecular weight excluding hydrogens is 382 g/mol. The van der Waals surface area contributed by atoms with Crippen LogP contribution in [0.2, 0.25) is 0 Å². The fourth-order valence-corrected chi connectivity index (χ4v) is 4.40. The van der Waals surface area contributed by atoms with Crippen molar-refractivity contribution in [1.29, 1.82) is 0 Å². The number of para-hydroxylation sites is 1. The minimum Gasteiger partial charge on any atom is -0.464 e. The Hall–Kier alpha value is -2.05. The first kappa shape index (κ1) is 22.6. The summed E-state index contributed by atoms with van der Waals surface area (Å²) in [6, 6.07) is 7.87. The SMILES string of the molecule is COCCCC[C@@](O)(c1cccc2ccoc12)C1CCN(C(=O)OC(C)(C)C)CC1. The van der Waals surface area contributed by atoms with Crippen LogP contribution in [0.15, 0.2) is 34.9 Å². The zero-order valence-corrected chi connectivity index (χ0v) is 18.6. The number of unbranched alkanes of at least 4 members (excludes halogenated alkanes) is 1. The number of nitrogens with zero attached hydrogens (tertiary/aromatic N) is 1. The average Bonchev–Trinajstić information content (AvgIpc) is 3.19. The third-order valence-electron chi connectivity index (χ3n) is 5.92. The van der Waals surface area contributed by atoms with Crippen LogP contribution >= 0.6 is 0 Å². The van der Waals surface area contributed by atoms with E-state index in [0.717, 1.165) is 42.2 Å². The smallest absolute Gasteiger partial charge is 0.410 e. The van der Waals surface area contributed by atoms with Crippen molar-refractivity contribution in [2.45, 2.75) is 64.1 Å². The van der Waals surface area contributed by atoms with Gasteiger partial charge in [0, 0.05) is 37.8 Å². The molecule has 0 bridgehead atoms. The van der Waals surface area contributed by atoms with Crippen LogP contribution in [0.3, 0.4) is 0 Å². The van der Waals surface area contributed by atoms with Crippen LogP contribution < -0.4 is 0 Å². The molecule has 166 valence electrons. The lowest BCUT2D eigenvalue weighted by Crippen LogP contribution is -2.46. The highest BCUT2D eigenvalue weighted by atomic mass is 16.6. The van der Waals surface area contributed by atoms with Crippen LogP contribution in [-0.2, 0) is 15.1 Å². The molecule has 0 aliphatic carbocycles. The van der Waals surface area contributed by atoms with Crippen molar-refractivity contribution < 1.29 is 23.8 Å². The summed E-state index contributed by atoms with van der Waals surface area (Å²) in [5.74, 6) is 0.0365. The number of fused-ring (bicyclic) bond motifs is 1. The van der Waals surface area contributed by atoms with Crippen LogP contribution in [-0.4, -0.2) is 48.5 Å². The summed E-state index contributed by atoms with van der Waals surface area (Å²) in [4.78, 5) is 14.2. The largest absolute Gasteiger partial charge is 0.464 e. The molecular formula is C24H35NO5. The summed E-state index contributed by atoms with van der Waals surface area (Å²) in [5.41, 5.74) is 0.0789. The number of aliphatic hydroxyl groups is 1. The number of hydrogen-bond donors (Lipinski definition) is 1. The topological polar surface area (TPSA) is 72.1 Å². The third kappa shape index (κ3) is 5.16. The summed E-state index contributed by atoms with van der Waals surface area (Å²) in [6.45, 7) is 7.46. The van der Waals surface area contributed by atoms with Crippen molar-refractivity contribution in [1.82, 2.24) is 4.90 Å². The third-order valence-corrected chi connectivity index (χ3v) is 5.92. The summed E-state index contributed by atoms with van der Waals surface area (Å²) < 4.78 is 16.5. The van der Waals surface area contributed by atoms with E-state index in [1.807, 2.05) is 45.0 Å². The Kier molecular flexibility index (Phi) is 7.09. The summed E-state index contributed by atoms with van der Waals surface area (Å²) in [7, 11) is 1.70. The fourth-order valence-electron chi connectivity index (χ4n) is 4.40. The number of benzene rings is 1. The van der Waals surface area contributed by atoms with Gasteiger partial charge in [-0.2, -0.15) is 0 Å². The molecule has 1 atom stereocenters. The summed E-state index contributed by atoms with van der Waals surface area (Å²) in [5, 5.41) is 13.0. The number of furan rings is 1. The van der Waals surface area contributed by atoms with Crippen LogP contribution in [0.1, 0.15) is 58.4 Å². The van der Waals surface area contributed by atoms with Crippen molar-refractivity contribution in [3.05, 3.63) is 36.1 Å². The quantitative estimate of drug-likeness (QED) is 0.636. The molecule has 2 heterocycles. The second-order valence-electron chi connectivity index (χ2n) is 9.26. The maximum Gasteiger partial charge on any atom is 0.410 e. The van der Waals surface area contributed by atoms with E-state index in [-0.39, 0.29) is 12.0 Å². The van der Waals surface area contributed by atoms with E-state index >= 15 is 0 Å². The normalized spacial score (nSPS) is 17.8. The molecule has 0 spiro atoms. The van der Waals surface area contributed by atoms with Crippen molar-refractivity contribution in [3.8, 4) is 0 Å². The minimum absolute atomic E-state index is 0.0365. The number of methoxy groups -OCH3 is 1. The molecule has 1 fully saturated rings. The molecule has 1 aromatic heterocycles. The molecule has 0 unspecified atom stereocenters. The van der Waals surface area contributed by atoms with Gasteiger partial charge in [-0.25, -0.2) is 4.79 Å². The molecule has 1 N–H and O–H groups in total. The first-order chi connectivity index (χ1) is 14.2. The Bertz CT molecular complexity index is 831. The van der Waals surface area contributed by atoms with Gasteiger partial charge in [-0.15, -0.1) is 0 Å². The van der Waals surface area contributed by atoms with Gasteiger partial charge in [0.05, 0.1) is 11.9 Å². The highest BCUT2D eigenvalue weighted by Gasteiger charge is 2.42. The van der Waals surface area contributed by atoms with E-state index in [4.69, 9.17) is 13.9 Å². The monoisotopic (exact) mass is 417 g/mol. The van der Waals surface area contributed by atoms with E-state index in [1.165, 1.54) is 0 Å². The van der Waals surface area contributed by atoms with Gasteiger partial charge in [-0.3, -0.25) is 0 Å². The van der Waals surface area contributed by atoms with Crippen LogP contribution in [0, 0.1) is 5.92 Å². The number of rotatable bonds is 7. The number of likely N-dealkylation sites (tertiary alicyclic amines) is 1. The Morgan fingerprint density at radius 2 is 1.93 bits per heavy atom. The lowest BCUT2D eigenvalue weighted by atomic mass is 9.73. The maximum absolute atomic E-state index is 12.4. The zero-order valence-electron chi connectivity index (χ0n) is 18.6. The molecule has 1 aromatic carbocycles. The van der Waals surface area contributed by atoms with Gasteiger partial charge in [-0.05, 0) is 64.9 Å². The first-order valence-electron chi connectivity index (χ1n) is 10.9. The summed E-state index contributed by atoms with van der Waals surface area (Å²) >= 11 is 0. The molecule has 0 radical (unpaired) electrons. The van der Waals surface area contributed by atoms with Gasteiger partial charge in [0.25, 0.3) is 0 Å². The number of hydrogen-bond acceptors (Lipinski definition) is 5. The molecule has 6 nitrogen and oxygen atoms in total. The van der Waals surface area contributed by atoms with Gasteiger partial charge in [0.15, 0.2) is 0 Å². The van der Waals surface area contributed by atoms with E-state index in [0.29, 0.717) is 26.1 Å². The summed E-state index contributed by atoms with van der Waals surface area (Å²) in [6.07, 6.45) is 5.21. The standard InChI is InChI=1S/C24H35NO5/c1-23(2,3)30-22(26)25-14-10-19(11-15-25)24(27,13-5-6-16-28-4)20-9-7-8-18-12-17-29-21(18)20/h7-9,12,17,19,27H,5-6,10-11,13-16H2,1-4H3/t24-/m0/s1. The van der Waals surface area contributed by atoms with E-state index < -0.39 is 11.2 Å². The van der Waals surface area contributed by atoms with Gasteiger partial charge in [0.1, 0.15) is 11.2 Å². The number of carbonyl (C=O) groups is 1. The molecule has 0 saturated carbocycles. The predicted molar refractivity (Wildman–Crippen MR) is 116 cm³/mol. The van der Waals surface area contributed by atoms with Crippen molar-refractivity contribution in [2.75, 3.05) is 26.8 Å². The van der Waals surface area contributed by atoms with Crippen LogP contribution in [0.25, 0.3) is 11.0 Å². The molecule has 1 saturated heterocycles. The van der Waals surface area contributed by atoms with Gasteiger partial charge in [-0.1, -0.05) is 18.2 Å². The van der Waals surface area contributed by atoms with Gasteiger partial charge >= 0.3 is 6.09 Å². The number of amides is 1. The van der Waals surface area contributed by atoms with Gasteiger partial charge < -0.3 is 23.9 Å². The Labute approximate surface area is 179 Å². The van der Waals surface area contributed by atoms with Crippen LogP contribution in [0.5, 0.6) is 0 Å². The molecule has 1 aliphatic rings. The maximum atomic E-state index is 12.4. The lowest BCUT2D eigenvalue weighted by Gasteiger charge is -2.42. The zero-order chi connectivity index (χ0) is 21.8. The highest BCUT2D eigenvalue weighted by Crippen LogP contribution is 2.43. The number of ether oxygens (including phenoxy) is 2. The Morgan fingerprint density at radius 3 is 2.60 bits per heavy atom.